The summed E-state index contributed by atoms with van der Waals surface area (Å²) in [6.07, 6.45) is 2.82. The minimum absolute atomic E-state index is 0.0457. The predicted molar refractivity (Wildman–Crippen MR) is 95.1 cm³/mol. The lowest BCUT2D eigenvalue weighted by molar-refractivity contribution is -0.384. The average Bonchev–Trinajstić information content (AvgIpc) is 3.11. The van der Waals surface area contributed by atoms with E-state index in [0.717, 1.165) is 0 Å². The summed E-state index contributed by atoms with van der Waals surface area (Å²) in [6.45, 7) is 0. The maximum absolute atomic E-state index is 11.8. The van der Waals surface area contributed by atoms with E-state index < -0.39 is 10.8 Å². The molecule has 0 unspecified atom stereocenters. The molecule has 0 aliphatic rings. The molecule has 0 aliphatic carbocycles. The van der Waals surface area contributed by atoms with Gasteiger partial charge in [-0.2, -0.15) is 5.10 Å². The number of nitro groups is 1. The largest absolute Gasteiger partial charge is 0.455 e. The van der Waals surface area contributed by atoms with Gasteiger partial charge in [-0.05, 0) is 36.4 Å². The van der Waals surface area contributed by atoms with Crippen molar-refractivity contribution in [2.24, 2.45) is 5.10 Å². The Morgan fingerprint density at radius 2 is 2.12 bits per heavy atom. The number of hydrogen-bond acceptors (Lipinski definition) is 6. The molecule has 0 radical (unpaired) electrons. The van der Waals surface area contributed by atoms with Gasteiger partial charge in [-0.1, -0.05) is 17.7 Å². The molecule has 26 heavy (non-hydrogen) atoms. The van der Waals surface area contributed by atoms with E-state index in [0.29, 0.717) is 17.1 Å². The Kier molecular flexibility index (Phi) is 5.04. The molecule has 8 nitrogen and oxygen atoms in total. The highest BCUT2D eigenvalue weighted by Gasteiger charge is 2.15. The number of aromatic nitrogens is 1. The number of hydrazone groups is 1. The molecule has 130 valence electrons. The zero-order chi connectivity index (χ0) is 18.5. The SMILES string of the molecule is O=C(N/N=C\c1ccc(-c2ccc(Cl)c([N+](=O)[O-])c2)o1)c1ccccn1. The Morgan fingerprint density at radius 1 is 1.27 bits per heavy atom. The first kappa shape index (κ1) is 17.3. The molecule has 0 saturated carbocycles. The van der Waals surface area contributed by atoms with E-state index in [1.54, 1.807) is 36.4 Å². The number of carbonyl (C=O) groups excluding carboxylic acids is 1. The highest BCUT2D eigenvalue weighted by molar-refractivity contribution is 6.32. The number of nitrogens with one attached hydrogen (secondary N) is 1. The molecular formula is C17H11ClN4O4. The minimum atomic E-state index is -0.565. The predicted octanol–water partition coefficient (Wildman–Crippen LogP) is 3.67. The van der Waals surface area contributed by atoms with Crippen LogP contribution in [-0.4, -0.2) is 22.0 Å². The fourth-order valence-electron chi connectivity index (χ4n) is 2.09. The monoisotopic (exact) mass is 370 g/mol. The fraction of sp³-hybridized carbons (Fsp3) is 0. The van der Waals surface area contributed by atoms with Crippen molar-refractivity contribution in [3.8, 4) is 11.3 Å². The van der Waals surface area contributed by atoms with E-state index in [1.807, 2.05) is 0 Å². The van der Waals surface area contributed by atoms with Crippen LogP contribution in [0.1, 0.15) is 16.2 Å². The maximum atomic E-state index is 11.8. The molecule has 0 saturated heterocycles. The molecule has 0 atom stereocenters. The smallest absolute Gasteiger partial charge is 0.289 e. The first-order valence-corrected chi connectivity index (χ1v) is 7.71. The van der Waals surface area contributed by atoms with Gasteiger partial charge in [0.25, 0.3) is 11.6 Å². The van der Waals surface area contributed by atoms with Crippen molar-refractivity contribution in [2.45, 2.75) is 0 Å². The van der Waals surface area contributed by atoms with E-state index in [9.17, 15) is 14.9 Å². The molecule has 3 rings (SSSR count). The topological polar surface area (TPSA) is 111 Å². The Hall–Kier alpha value is -3.52. The zero-order valence-corrected chi connectivity index (χ0v) is 13.9. The molecule has 0 aliphatic heterocycles. The second-order valence-electron chi connectivity index (χ2n) is 5.04. The van der Waals surface area contributed by atoms with Crippen molar-refractivity contribution in [3.05, 3.63) is 81.3 Å². The standard InChI is InChI=1S/C17H11ClN4O4/c18-13-6-4-11(9-15(13)22(24)25)16-7-5-12(26-16)10-20-21-17(23)14-3-1-2-8-19-14/h1-10H,(H,21,23)/b20-10-. The number of furan rings is 1. The first-order chi connectivity index (χ1) is 12.5. The van der Waals surface area contributed by atoms with Crippen LogP contribution < -0.4 is 5.43 Å². The van der Waals surface area contributed by atoms with Crippen LogP contribution in [0.5, 0.6) is 0 Å². The van der Waals surface area contributed by atoms with Crippen LogP contribution in [0.3, 0.4) is 0 Å². The number of carbonyl (C=O) groups is 1. The summed E-state index contributed by atoms with van der Waals surface area (Å²) in [7, 11) is 0. The van der Waals surface area contributed by atoms with Gasteiger partial charge < -0.3 is 4.42 Å². The normalized spacial score (nSPS) is 10.8. The van der Waals surface area contributed by atoms with Crippen LogP contribution >= 0.6 is 11.6 Å². The van der Waals surface area contributed by atoms with E-state index >= 15 is 0 Å². The van der Waals surface area contributed by atoms with Crippen molar-refractivity contribution < 1.29 is 14.1 Å². The number of rotatable bonds is 5. The second-order valence-corrected chi connectivity index (χ2v) is 5.45. The van der Waals surface area contributed by atoms with Gasteiger partial charge in [0.05, 0.1) is 11.1 Å². The van der Waals surface area contributed by atoms with Crippen LogP contribution in [0, 0.1) is 10.1 Å². The lowest BCUT2D eigenvalue weighted by atomic mass is 10.1. The van der Waals surface area contributed by atoms with Crippen LogP contribution in [0.2, 0.25) is 5.02 Å². The lowest BCUT2D eigenvalue weighted by Gasteiger charge is -1.99. The van der Waals surface area contributed by atoms with Gasteiger partial charge in [-0.15, -0.1) is 0 Å². The van der Waals surface area contributed by atoms with Crippen LogP contribution in [-0.2, 0) is 0 Å². The van der Waals surface area contributed by atoms with Crippen molar-refractivity contribution in [1.82, 2.24) is 10.4 Å². The summed E-state index contributed by atoms with van der Waals surface area (Å²) < 4.78 is 5.55. The van der Waals surface area contributed by atoms with Crippen molar-refractivity contribution in [1.29, 1.82) is 0 Å². The molecule has 1 N–H and O–H groups in total. The molecule has 0 spiro atoms. The van der Waals surface area contributed by atoms with Crippen molar-refractivity contribution in [3.63, 3.8) is 0 Å². The van der Waals surface area contributed by atoms with Crippen LogP contribution in [0.15, 0.2) is 64.2 Å². The summed E-state index contributed by atoms with van der Waals surface area (Å²) >= 11 is 5.79. The number of nitrogens with zero attached hydrogens (tertiary/aromatic N) is 3. The molecule has 1 amide bonds. The Bertz CT molecular complexity index is 985. The molecule has 0 fully saturated rings. The number of nitro benzene ring substituents is 1. The third-order valence-electron chi connectivity index (χ3n) is 3.31. The summed E-state index contributed by atoms with van der Waals surface area (Å²) in [4.78, 5) is 26.1. The summed E-state index contributed by atoms with van der Waals surface area (Å²) in [5.74, 6) is 0.308. The Morgan fingerprint density at radius 3 is 2.85 bits per heavy atom. The van der Waals surface area contributed by atoms with Gasteiger partial charge in [0.1, 0.15) is 22.2 Å². The molecule has 2 aromatic heterocycles. The number of hydrogen-bond donors (Lipinski definition) is 1. The zero-order valence-electron chi connectivity index (χ0n) is 13.1. The van der Waals surface area contributed by atoms with E-state index in [4.69, 9.17) is 16.0 Å². The minimum Gasteiger partial charge on any atom is -0.455 e. The maximum Gasteiger partial charge on any atom is 0.289 e. The summed E-state index contributed by atoms with van der Waals surface area (Å²) in [6, 6.07) is 12.6. The highest BCUT2D eigenvalue weighted by Crippen LogP contribution is 2.30. The van der Waals surface area contributed by atoms with Gasteiger partial charge in [-0.25, -0.2) is 5.43 Å². The molecule has 2 heterocycles. The number of pyridine rings is 1. The van der Waals surface area contributed by atoms with Gasteiger partial charge in [0.15, 0.2) is 0 Å². The third kappa shape index (κ3) is 3.93. The van der Waals surface area contributed by atoms with Crippen molar-refractivity contribution in [2.75, 3.05) is 0 Å². The Labute approximate surface area is 152 Å². The number of amides is 1. The second kappa shape index (κ2) is 7.58. The molecule has 1 aromatic carbocycles. The highest BCUT2D eigenvalue weighted by atomic mass is 35.5. The first-order valence-electron chi connectivity index (χ1n) is 7.33. The lowest BCUT2D eigenvalue weighted by Crippen LogP contribution is -2.18. The van der Waals surface area contributed by atoms with Crippen molar-refractivity contribution >= 4 is 29.4 Å². The van der Waals surface area contributed by atoms with Gasteiger partial charge in [0.2, 0.25) is 0 Å². The summed E-state index contributed by atoms with van der Waals surface area (Å²) in [5.41, 5.74) is 2.85. The fourth-order valence-corrected chi connectivity index (χ4v) is 2.28. The van der Waals surface area contributed by atoms with Gasteiger partial charge in [0, 0.05) is 17.8 Å². The van der Waals surface area contributed by atoms with E-state index in [1.165, 1.54) is 24.5 Å². The Balaban J connectivity index is 1.71. The number of halogens is 1. The van der Waals surface area contributed by atoms with Crippen LogP contribution in [0.4, 0.5) is 5.69 Å². The average molecular weight is 371 g/mol. The third-order valence-corrected chi connectivity index (χ3v) is 3.63. The van der Waals surface area contributed by atoms with Gasteiger partial charge >= 0.3 is 0 Å². The number of benzene rings is 1. The van der Waals surface area contributed by atoms with E-state index in [-0.39, 0.29) is 16.4 Å². The van der Waals surface area contributed by atoms with Crippen LogP contribution in [0.25, 0.3) is 11.3 Å². The quantitative estimate of drug-likeness (QED) is 0.418. The summed E-state index contributed by atoms with van der Waals surface area (Å²) in [5, 5.41) is 14.8. The molecule has 9 heteroatoms. The van der Waals surface area contributed by atoms with E-state index in [2.05, 4.69) is 15.5 Å². The molecule has 3 aromatic rings. The molecule has 0 bridgehead atoms. The van der Waals surface area contributed by atoms with Gasteiger partial charge in [-0.3, -0.25) is 19.9 Å². The molecular weight excluding hydrogens is 360 g/mol.